The molecule has 0 atom stereocenters. The summed E-state index contributed by atoms with van der Waals surface area (Å²) in [6, 6.07) is 4.00. The van der Waals surface area contributed by atoms with Gasteiger partial charge in [0.2, 0.25) is 0 Å². The molecule has 0 aliphatic heterocycles. The monoisotopic (exact) mass is 273 g/mol. The van der Waals surface area contributed by atoms with Crippen LogP contribution in [0.15, 0.2) is 12.1 Å². The molecule has 2 heterocycles. The molecule has 0 bridgehead atoms. The third kappa shape index (κ3) is 1.20. The van der Waals surface area contributed by atoms with Crippen molar-refractivity contribution >= 4 is 28.2 Å². The first kappa shape index (κ1) is 7.97. The molecule has 0 aromatic carbocycles. The van der Waals surface area contributed by atoms with E-state index in [2.05, 4.69) is 32.7 Å². The van der Waals surface area contributed by atoms with E-state index < -0.39 is 0 Å². The summed E-state index contributed by atoms with van der Waals surface area (Å²) in [4.78, 5) is 4.35. The van der Waals surface area contributed by atoms with Gasteiger partial charge in [-0.1, -0.05) is 0 Å². The molecular formula is C8H8IN3. The zero-order chi connectivity index (χ0) is 8.72. The highest BCUT2D eigenvalue weighted by atomic mass is 127. The van der Waals surface area contributed by atoms with E-state index in [0.717, 1.165) is 20.7 Å². The summed E-state index contributed by atoms with van der Waals surface area (Å²) in [5, 5.41) is 4.30. The molecule has 0 N–H and O–H groups in total. The minimum absolute atomic E-state index is 0.928. The number of hydrogen-bond donors (Lipinski definition) is 0. The highest BCUT2D eigenvalue weighted by Crippen LogP contribution is 2.10. The van der Waals surface area contributed by atoms with Crippen LogP contribution in [0.1, 0.15) is 11.4 Å². The molecule has 2 aromatic heterocycles. The lowest BCUT2D eigenvalue weighted by Gasteiger charge is -1.97. The minimum Gasteiger partial charge on any atom is -0.234 e. The van der Waals surface area contributed by atoms with Crippen LogP contribution in [0.5, 0.6) is 0 Å². The Labute approximate surface area is 83.9 Å². The Kier molecular flexibility index (Phi) is 1.79. The van der Waals surface area contributed by atoms with Crippen LogP contribution in [0, 0.1) is 17.5 Å². The van der Waals surface area contributed by atoms with E-state index in [1.807, 2.05) is 30.5 Å². The van der Waals surface area contributed by atoms with Gasteiger partial charge < -0.3 is 0 Å². The highest BCUT2D eigenvalue weighted by molar-refractivity contribution is 14.1. The third-order valence-corrected chi connectivity index (χ3v) is 2.40. The minimum atomic E-state index is 0.928. The second-order valence-electron chi connectivity index (χ2n) is 2.78. The Morgan fingerprint density at radius 1 is 1.25 bits per heavy atom. The van der Waals surface area contributed by atoms with Crippen molar-refractivity contribution in [3.63, 3.8) is 0 Å². The summed E-state index contributed by atoms with van der Waals surface area (Å²) >= 11 is 2.26. The first-order valence-corrected chi connectivity index (χ1v) is 4.74. The first-order chi connectivity index (χ1) is 5.66. The van der Waals surface area contributed by atoms with Gasteiger partial charge in [0.1, 0.15) is 3.70 Å². The summed E-state index contributed by atoms with van der Waals surface area (Å²) in [5.74, 6) is 0. The molecule has 4 heteroatoms. The molecule has 0 fully saturated rings. The fourth-order valence-electron chi connectivity index (χ4n) is 1.17. The number of aryl methyl sites for hydroxylation is 2. The number of fused-ring (bicyclic) bond motifs is 1. The normalized spacial score (nSPS) is 10.9. The predicted octanol–water partition coefficient (Wildman–Crippen LogP) is 1.95. The average Bonchev–Trinajstić information content (AvgIpc) is 2.29. The smallest absolute Gasteiger partial charge is 0.156 e. The Bertz CT molecular complexity index is 433. The van der Waals surface area contributed by atoms with Crippen molar-refractivity contribution < 1.29 is 0 Å². The predicted molar refractivity (Wildman–Crippen MR) is 55.2 cm³/mol. The Morgan fingerprint density at radius 3 is 2.75 bits per heavy atom. The quantitative estimate of drug-likeness (QED) is 0.542. The molecule has 62 valence electrons. The molecular weight excluding hydrogens is 265 g/mol. The van der Waals surface area contributed by atoms with Gasteiger partial charge >= 0.3 is 0 Å². The average molecular weight is 273 g/mol. The maximum atomic E-state index is 4.35. The van der Waals surface area contributed by atoms with Gasteiger partial charge in [0.05, 0.1) is 5.69 Å². The van der Waals surface area contributed by atoms with Crippen molar-refractivity contribution in [3.05, 3.63) is 27.2 Å². The van der Waals surface area contributed by atoms with Crippen LogP contribution in [-0.4, -0.2) is 14.6 Å². The first-order valence-electron chi connectivity index (χ1n) is 3.66. The number of hydrogen-bond acceptors (Lipinski definition) is 2. The van der Waals surface area contributed by atoms with E-state index in [1.54, 1.807) is 0 Å². The molecule has 0 saturated carbocycles. The molecule has 0 saturated heterocycles. The Hall–Kier alpha value is -0.650. The topological polar surface area (TPSA) is 30.2 Å². The van der Waals surface area contributed by atoms with Gasteiger partial charge in [0.15, 0.2) is 5.65 Å². The Morgan fingerprint density at radius 2 is 2.00 bits per heavy atom. The fourth-order valence-corrected chi connectivity index (χ4v) is 1.97. The van der Waals surface area contributed by atoms with Gasteiger partial charge in [-0.2, -0.15) is 5.10 Å². The maximum Gasteiger partial charge on any atom is 0.156 e. The van der Waals surface area contributed by atoms with Crippen LogP contribution in [-0.2, 0) is 0 Å². The second-order valence-corrected chi connectivity index (χ2v) is 3.88. The zero-order valence-electron chi connectivity index (χ0n) is 6.87. The van der Waals surface area contributed by atoms with E-state index in [4.69, 9.17) is 0 Å². The summed E-state index contributed by atoms with van der Waals surface area (Å²) in [6.07, 6.45) is 0. The molecule has 0 radical (unpaired) electrons. The van der Waals surface area contributed by atoms with Crippen LogP contribution in [0.3, 0.4) is 0 Å². The number of aromatic nitrogens is 3. The van der Waals surface area contributed by atoms with Crippen molar-refractivity contribution in [1.82, 2.24) is 14.6 Å². The summed E-state index contributed by atoms with van der Waals surface area (Å²) in [6.45, 7) is 3.96. The van der Waals surface area contributed by atoms with Crippen molar-refractivity contribution in [1.29, 1.82) is 0 Å². The van der Waals surface area contributed by atoms with E-state index in [9.17, 15) is 0 Å². The van der Waals surface area contributed by atoms with Crippen molar-refractivity contribution in [2.45, 2.75) is 13.8 Å². The highest BCUT2D eigenvalue weighted by Gasteiger charge is 2.02. The molecule has 0 amide bonds. The SMILES string of the molecule is Cc1cc(I)n2nc(C)cc2n1. The van der Waals surface area contributed by atoms with E-state index in [1.165, 1.54) is 0 Å². The van der Waals surface area contributed by atoms with Crippen molar-refractivity contribution in [3.8, 4) is 0 Å². The van der Waals surface area contributed by atoms with Crippen LogP contribution < -0.4 is 0 Å². The zero-order valence-corrected chi connectivity index (χ0v) is 9.03. The third-order valence-electron chi connectivity index (χ3n) is 1.63. The van der Waals surface area contributed by atoms with Crippen LogP contribution in [0.25, 0.3) is 5.65 Å². The lowest BCUT2D eigenvalue weighted by atomic mass is 10.4. The lowest BCUT2D eigenvalue weighted by Crippen LogP contribution is -1.96. The van der Waals surface area contributed by atoms with Crippen LogP contribution in [0.2, 0.25) is 0 Å². The number of nitrogens with zero attached hydrogens (tertiary/aromatic N) is 3. The van der Waals surface area contributed by atoms with Gasteiger partial charge in [-0.05, 0) is 42.5 Å². The van der Waals surface area contributed by atoms with Gasteiger partial charge in [0, 0.05) is 11.8 Å². The van der Waals surface area contributed by atoms with Crippen molar-refractivity contribution in [2.75, 3.05) is 0 Å². The number of rotatable bonds is 0. The molecule has 2 rings (SSSR count). The molecule has 3 nitrogen and oxygen atoms in total. The summed E-state index contributed by atoms with van der Waals surface area (Å²) < 4.78 is 2.95. The maximum absolute atomic E-state index is 4.35. The number of halogens is 1. The van der Waals surface area contributed by atoms with Gasteiger partial charge in [-0.15, -0.1) is 0 Å². The van der Waals surface area contributed by atoms with Crippen LogP contribution >= 0.6 is 22.6 Å². The van der Waals surface area contributed by atoms with E-state index in [-0.39, 0.29) is 0 Å². The largest absolute Gasteiger partial charge is 0.234 e. The summed E-state index contributed by atoms with van der Waals surface area (Å²) in [7, 11) is 0. The van der Waals surface area contributed by atoms with E-state index >= 15 is 0 Å². The fraction of sp³-hybridized carbons (Fsp3) is 0.250. The van der Waals surface area contributed by atoms with Crippen molar-refractivity contribution in [2.24, 2.45) is 0 Å². The second kappa shape index (κ2) is 2.69. The van der Waals surface area contributed by atoms with Gasteiger partial charge in [0.25, 0.3) is 0 Å². The molecule has 0 aliphatic rings. The lowest BCUT2D eigenvalue weighted by molar-refractivity contribution is 0.884. The summed E-state index contributed by atoms with van der Waals surface area (Å²) in [5.41, 5.74) is 2.97. The molecule has 2 aromatic rings. The molecule has 0 spiro atoms. The standard InChI is InChI=1S/C8H8IN3/c1-5-3-7(9)12-8(10-5)4-6(2)11-12/h3-4H,1-2H3. The van der Waals surface area contributed by atoms with Gasteiger partial charge in [-0.25, -0.2) is 9.50 Å². The Balaban J connectivity index is 2.88. The molecule has 0 aliphatic carbocycles. The molecule has 12 heavy (non-hydrogen) atoms. The van der Waals surface area contributed by atoms with E-state index in [0.29, 0.717) is 0 Å². The molecule has 0 unspecified atom stereocenters. The van der Waals surface area contributed by atoms with Gasteiger partial charge in [-0.3, -0.25) is 0 Å². The van der Waals surface area contributed by atoms with Crippen LogP contribution in [0.4, 0.5) is 0 Å².